The van der Waals surface area contributed by atoms with Crippen LogP contribution in [0.2, 0.25) is 0 Å². The Hall–Kier alpha value is -2.50. The van der Waals surface area contributed by atoms with Gasteiger partial charge in [0.2, 0.25) is 11.8 Å². The Morgan fingerprint density at radius 1 is 1.36 bits per heavy atom. The van der Waals surface area contributed by atoms with Gasteiger partial charge < -0.3 is 20.8 Å². The van der Waals surface area contributed by atoms with E-state index >= 15 is 0 Å². The summed E-state index contributed by atoms with van der Waals surface area (Å²) in [4.78, 5) is 26.5. The van der Waals surface area contributed by atoms with Crippen molar-refractivity contribution in [2.45, 2.75) is 32.7 Å². The molecule has 1 heterocycles. The minimum Gasteiger partial charge on any atom is -0.493 e. The van der Waals surface area contributed by atoms with Crippen LogP contribution in [0.15, 0.2) is 24.4 Å². The van der Waals surface area contributed by atoms with E-state index in [0.717, 1.165) is 22.2 Å². The highest BCUT2D eigenvalue weighted by Crippen LogP contribution is 2.29. The number of ether oxygens (including phenoxy) is 1. The van der Waals surface area contributed by atoms with Gasteiger partial charge in [0, 0.05) is 17.1 Å². The molecule has 6 nitrogen and oxygen atoms in total. The molecule has 0 fully saturated rings. The Bertz CT molecular complexity index is 678. The van der Waals surface area contributed by atoms with Gasteiger partial charge in [-0.25, -0.2) is 0 Å². The third-order valence-corrected chi connectivity index (χ3v) is 3.49. The van der Waals surface area contributed by atoms with Crippen molar-refractivity contribution in [2.75, 3.05) is 6.61 Å². The molecule has 0 unspecified atom stereocenters. The number of nitrogens with two attached hydrogens (primary N) is 1. The molecule has 4 N–H and O–H groups in total. The summed E-state index contributed by atoms with van der Waals surface area (Å²) in [5, 5.41) is 3.55. The molecule has 118 valence electrons. The molecule has 0 aliphatic carbocycles. The van der Waals surface area contributed by atoms with E-state index in [0.29, 0.717) is 13.0 Å². The summed E-state index contributed by atoms with van der Waals surface area (Å²) < 4.78 is 5.61. The molecule has 0 spiro atoms. The maximum atomic E-state index is 12.1. The molecule has 22 heavy (non-hydrogen) atoms. The van der Waals surface area contributed by atoms with Gasteiger partial charge in [-0.05, 0) is 31.0 Å². The highest BCUT2D eigenvalue weighted by Gasteiger charge is 2.18. The lowest BCUT2D eigenvalue weighted by Gasteiger charge is -2.13. The molecule has 0 aliphatic heterocycles. The van der Waals surface area contributed by atoms with E-state index in [1.54, 1.807) is 13.1 Å². The van der Waals surface area contributed by atoms with Crippen LogP contribution in [-0.4, -0.2) is 29.4 Å². The Morgan fingerprint density at radius 3 is 2.77 bits per heavy atom. The largest absolute Gasteiger partial charge is 0.493 e. The molecule has 0 radical (unpaired) electrons. The van der Waals surface area contributed by atoms with Crippen molar-refractivity contribution in [3.63, 3.8) is 0 Å². The van der Waals surface area contributed by atoms with Crippen LogP contribution in [-0.2, 0) is 16.0 Å². The first-order valence-corrected chi connectivity index (χ1v) is 7.37. The third kappa shape index (κ3) is 3.39. The van der Waals surface area contributed by atoms with Crippen molar-refractivity contribution >= 4 is 22.7 Å². The lowest BCUT2D eigenvalue weighted by molar-refractivity contribution is -0.127. The maximum absolute atomic E-state index is 12.1. The number of aromatic nitrogens is 1. The summed E-state index contributed by atoms with van der Waals surface area (Å²) in [5.74, 6) is -0.0198. The van der Waals surface area contributed by atoms with Gasteiger partial charge >= 0.3 is 0 Å². The zero-order valence-electron chi connectivity index (χ0n) is 12.8. The molecule has 2 amide bonds. The van der Waals surface area contributed by atoms with Crippen LogP contribution in [0, 0.1) is 0 Å². The zero-order valence-corrected chi connectivity index (χ0v) is 12.8. The zero-order chi connectivity index (χ0) is 16.1. The van der Waals surface area contributed by atoms with Gasteiger partial charge in [0.05, 0.1) is 13.0 Å². The van der Waals surface area contributed by atoms with Gasteiger partial charge in [-0.2, -0.15) is 0 Å². The quantitative estimate of drug-likeness (QED) is 0.723. The summed E-state index contributed by atoms with van der Waals surface area (Å²) in [7, 11) is 0. The van der Waals surface area contributed by atoms with Crippen molar-refractivity contribution in [1.82, 2.24) is 10.3 Å². The Morgan fingerprint density at radius 2 is 2.14 bits per heavy atom. The second-order valence-corrected chi connectivity index (χ2v) is 5.03. The average molecular weight is 303 g/mol. The van der Waals surface area contributed by atoms with E-state index < -0.39 is 11.9 Å². The van der Waals surface area contributed by atoms with E-state index in [1.165, 1.54) is 0 Å². The van der Waals surface area contributed by atoms with Crippen LogP contribution < -0.4 is 15.8 Å². The van der Waals surface area contributed by atoms with Crippen molar-refractivity contribution in [2.24, 2.45) is 5.73 Å². The monoisotopic (exact) mass is 303 g/mol. The fourth-order valence-corrected chi connectivity index (χ4v) is 2.43. The summed E-state index contributed by atoms with van der Waals surface area (Å²) in [5.41, 5.74) is 6.99. The molecular formula is C16H21N3O3. The van der Waals surface area contributed by atoms with E-state index in [4.69, 9.17) is 10.5 Å². The standard InChI is InChI=1S/C16H21N3O3/c1-3-11(16(17)21)19-14(20)8-10-9-18-12-6-5-7-13(15(10)12)22-4-2/h5-7,9,11,18H,3-4,8H2,1-2H3,(H2,17,21)(H,19,20)/t11-/m1/s1. The number of H-pyrrole nitrogens is 1. The van der Waals surface area contributed by atoms with Crippen LogP contribution in [0.5, 0.6) is 5.75 Å². The third-order valence-electron chi connectivity index (χ3n) is 3.49. The van der Waals surface area contributed by atoms with Crippen molar-refractivity contribution in [1.29, 1.82) is 0 Å². The van der Waals surface area contributed by atoms with Crippen molar-refractivity contribution in [3.8, 4) is 5.75 Å². The topological polar surface area (TPSA) is 97.2 Å². The minimum absolute atomic E-state index is 0.161. The van der Waals surface area contributed by atoms with Gasteiger partial charge in [-0.15, -0.1) is 0 Å². The number of primary amides is 1. The van der Waals surface area contributed by atoms with Gasteiger partial charge in [0.25, 0.3) is 0 Å². The van der Waals surface area contributed by atoms with Crippen LogP contribution in [0.3, 0.4) is 0 Å². The number of carbonyl (C=O) groups is 2. The van der Waals surface area contributed by atoms with E-state index in [9.17, 15) is 9.59 Å². The average Bonchev–Trinajstić information content (AvgIpc) is 2.89. The summed E-state index contributed by atoms with van der Waals surface area (Å²) in [6.07, 6.45) is 2.42. The Kier molecular flexibility index (Phi) is 5.04. The van der Waals surface area contributed by atoms with Crippen molar-refractivity contribution in [3.05, 3.63) is 30.0 Å². The number of nitrogens with one attached hydrogen (secondary N) is 2. The van der Waals surface area contributed by atoms with E-state index in [-0.39, 0.29) is 12.3 Å². The minimum atomic E-state index is -0.635. The normalized spacial score (nSPS) is 12.1. The van der Waals surface area contributed by atoms with E-state index in [2.05, 4.69) is 10.3 Å². The van der Waals surface area contributed by atoms with E-state index in [1.807, 2.05) is 25.1 Å². The van der Waals surface area contributed by atoms with Crippen molar-refractivity contribution < 1.29 is 14.3 Å². The molecule has 0 saturated carbocycles. The number of benzene rings is 1. The molecule has 0 bridgehead atoms. The van der Waals surface area contributed by atoms with Gasteiger partial charge in [-0.3, -0.25) is 9.59 Å². The van der Waals surface area contributed by atoms with Gasteiger partial charge in [0.1, 0.15) is 11.8 Å². The lowest BCUT2D eigenvalue weighted by atomic mass is 10.1. The van der Waals surface area contributed by atoms with Crippen LogP contribution in [0.1, 0.15) is 25.8 Å². The molecule has 0 aliphatic rings. The number of carbonyl (C=O) groups excluding carboxylic acids is 2. The molecule has 1 aromatic heterocycles. The summed E-state index contributed by atoms with van der Waals surface area (Å²) in [6.45, 7) is 4.26. The molecular weight excluding hydrogens is 282 g/mol. The van der Waals surface area contributed by atoms with Crippen LogP contribution in [0.4, 0.5) is 0 Å². The fourth-order valence-electron chi connectivity index (χ4n) is 2.43. The summed E-state index contributed by atoms with van der Waals surface area (Å²) in [6, 6.07) is 5.06. The first-order valence-electron chi connectivity index (χ1n) is 7.37. The molecule has 1 aromatic carbocycles. The SMILES string of the molecule is CCOc1cccc2[nH]cc(CC(=O)N[C@H](CC)C(N)=O)c12. The summed E-state index contributed by atoms with van der Waals surface area (Å²) >= 11 is 0. The predicted molar refractivity (Wildman–Crippen MR) is 84.6 cm³/mol. The molecule has 1 atom stereocenters. The Balaban J connectivity index is 2.21. The fraction of sp³-hybridized carbons (Fsp3) is 0.375. The number of fused-ring (bicyclic) bond motifs is 1. The number of hydrogen-bond acceptors (Lipinski definition) is 3. The molecule has 2 aromatic rings. The number of amides is 2. The number of hydrogen-bond donors (Lipinski definition) is 3. The lowest BCUT2D eigenvalue weighted by Crippen LogP contribution is -2.44. The Labute approximate surface area is 129 Å². The van der Waals surface area contributed by atoms with Gasteiger partial charge in [-0.1, -0.05) is 13.0 Å². The van der Waals surface area contributed by atoms with Crippen LogP contribution >= 0.6 is 0 Å². The second-order valence-electron chi connectivity index (χ2n) is 5.03. The number of aromatic amines is 1. The highest BCUT2D eigenvalue weighted by atomic mass is 16.5. The second kappa shape index (κ2) is 6.98. The first kappa shape index (κ1) is 15.9. The first-order chi connectivity index (χ1) is 10.6. The number of rotatable bonds is 7. The van der Waals surface area contributed by atoms with Gasteiger partial charge in [0.15, 0.2) is 0 Å². The molecule has 0 saturated heterocycles. The molecule has 6 heteroatoms. The smallest absolute Gasteiger partial charge is 0.239 e. The molecule has 2 rings (SSSR count). The predicted octanol–water partition coefficient (Wildman–Crippen LogP) is 1.49. The maximum Gasteiger partial charge on any atom is 0.239 e. The highest BCUT2D eigenvalue weighted by molar-refractivity contribution is 5.94. The van der Waals surface area contributed by atoms with Crippen LogP contribution in [0.25, 0.3) is 10.9 Å².